The van der Waals surface area contributed by atoms with Crippen LogP contribution in [-0.4, -0.2) is 9.88 Å². The summed E-state index contributed by atoms with van der Waals surface area (Å²) < 4.78 is 12.8. The van der Waals surface area contributed by atoms with Gasteiger partial charge >= 0.3 is 0 Å². The van der Waals surface area contributed by atoms with E-state index >= 15 is 0 Å². The molecule has 1 aromatic heterocycles. The molecule has 1 aromatic rings. The normalized spacial score (nSPS) is 9.93. The Kier molecular flexibility index (Phi) is 3.50. The monoisotopic (exact) mass is 237 g/mol. The highest BCUT2D eigenvalue weighted by molar-refractivity contribution is 7.92. The first-order chi connectivity index (χ1) is 6.61. The lowest BCUT2D eigenvalue weighted by Gasteiger charge is -2.05. The molecule has 0 aromatic carbocycles. The molecule has 1 heterocycles. The fourth-order valence-electron chi connectivity index (χ4n) is 0.809. The van der Waals surface area contributed by atoms with Crippen molar-refractivity contribution in [1.82, 2.24) is 9.40 Å². The standard InChI is InChI=1S/C6H5ClFN3O2S/c7-5-3(6(13)10-9)1-2-4(12)11(5)14-8/h1-2H,9H2,(H,10,13). The van der Waals surface area contributed by atoms with E-state index in [2.05, 4.69) is 0 Å². The number of rotatable bonds is 2. The number of hydrogen-bond acceptors (Lipinski definition) is 4. The molecule has 1 rings (SSSR count). The predicted octanol–water partition coefficient (Wildman–Crippen LogP) is 0.486. The summed E-state index contributed by atoms with van der Waals surface area (Å²) in [7, 11) is 0. The zero-order valence-corrected chi connectivity index (χ0v) is 8.23. The Morgan fingerprint density at radius 3 is 2.79 bits per heavy atom. The molecule has 14 heavy (non-hydrogen) atoms. The third-order valence-electron chi connectivity index (χ3n) is 1.44. The van der Waals surface area contributed by atoms with E-state index in [9.17, 15) is 13.5 Å². The fourth-order valence-corrected chi connectivity index (χ4v) is 1.41. The number of hydrazine groups is 1. The van der Waals surface area contributed by atoms with Gasteiger partial charge in [-0.05, 0) is 6.07 Å². The predicted molar refractivity (Wildman–Crippen MR) is 51.5 cm³/mol. The summed E-state index contributed by atoms with van der Waals surface area (Å²) in [5, 5.41) is -0.312. The minimum absolute atomic E-state index is 0.0704. The van der Waals surface area contributed by atoms with Gasteiger partial charge in [-0.15, -0.1) is 3.89 Å². The molecule has 76 valence electrons. The second kappa shape index (κ2) is 4.45. The number of carbonyl (C=O) groups is 1. The molecule has 1 amide bonds. The van der Waals surface area contributed by atoms with E-state index in [1.54, 1.807) is 0 Å². The summed E-state index contributed by atoms with van der Waals surface area (Å²) in [6.07, 6.45) is 0. The lowest BCUT2D eigenvalue weighted by Crippen LogP contribution is -2.31. The van der Waals surface area contributed by atoms with Crippen LogP contribution in [0.3, 0.4) is 0 Å². The van der Waals surface area contributed by atoms with Gasteiger partial charge < -0.3 is 0 Å². The molecule has 0 aliphatic rings. The van der Waals surface area contributed by atoms with Crippen LogP contribution in [0.5, 0.6) is 0 Å². The number of nitrogens with one attached hydrogen (secondary N) is 1. The fraction of sp³-hybridized carbons (Fsp3) is 0. The highest BCUT2D eigenvalue weighted by Crippen LogP contribution is 2.18. The first-order valence-corrected chi connectivity index (χ1v) is 4.38. The maximum Gasteiger partial charge on any atom is 0.268 e. The molecule has 0 spiro atoms. The Morgan fingerprint density at radius 2 is 2.29 bits per heavy atom. The summed E-state index contributed by atoms with van der Waals surface area (Å²) in [5.41, 5.74) is 1.10. The lowest BCUT2D eigenvalue weighted by atomic mass is 10.3. The molecule has 0 bridgehead atoms. The van der Waals surface area contributed by atoms with E-state index < -0.39 is 11.5 Å². The molecule has 0 unspecified atom stereocenters. The van der Waals surface area contributed by atoms with Gasteiger partial charge in [-0.25, -0.2) is 9.82 Å². The van der Waals surface area contributed by atoms with Gasteiger partial charge in [-0.2, -0.15) is 0 Å². The van der Waals surface area contributed by atoms with Crippen LogP contribution in [0.25, 0.3) is 0 Å². The molecule has 3 N–H and O–H groups in total. The van der Waals surface area contributed by atoms with Gasteiger partial charge in [0.2, 0.25) is 0 Å². The smallest absolute Gasteiger partial charge is 0.268 e. The summed E-state index contributed by atoms with van der Waals surface area (Å²) in [6.45, 7) is 0. The van der Waals surface area contributed by atoms with Gasteiger partial charge in [0, 0.05) is 6.07 Å². The van der Waals surface area contributed by atoms with Crippen molar-refractivity contribution in [3.05, 3.63) is 33.2 Å². The van der Waals surface area contributed by atoms with Crippen molar-refractivity contribution >= 4 is 29.8 Å². The SMILES string of the molecule is NNC(=O)c1ccc(=O)n(SF)c1Cl. The number of aromatic nitrogens is 1. The van der Waals surface area contributed by atoms with Crippen molar-refractivity contribution in [2.24, 2.45) is 5.84 Å². The van der Waals surface area contributed by atoms with Crippen LogP contribution in [0.15, 0.2) is 16.9 Å². The van der Waals surface area contributed by atoms with Gasteiger partial charge in [0.1, 0.15) is 5.15 Å². The molecule has 0 fully saturated rings. The molecule has 0 atom stereocenters. The zero-order chi connectivity index (χ0) is 10.7. The Hall–Kier alpha value is -1.05. The van der Waals surface area contributed by atoms with Crippen molar-refractivity contribution in [2.75, 3.05) is 0 Å². The lowest BCUT2D eigenvalue weighted by molar-refractivity contribution is 0.0953. The third-order valence-corrected chi connectivity index (χ3v) is 2.41. The van der Waals surface area contributed by atoms with Crippen LogP contribution in [-0.2, 0) is 0 Å². The second-order valence-electron chi connectivity index (χ2n) is 2.21. The summed E-state index contributed by atoms with van der Waals surface area (Å²) in [4.78, 5) is 22.0. The Balaban J connectivity index is 3.35. The van der Waals surface area contributed by atoms with E-state index in [4.69, 9.17) is 17.4 Å². The van der Waals surface area contributed by atoms with Crippen molar-refractivity contribution in [3.8, 4) is 0 Å². The van der Waals surface area contributed by atoms with Crippen molar-refractivity contribution in [1.29, 1.82) is 0 Å². The number of amides is 1. The number of hydrogen-bond donors (Lipinski definition) is 2. The summed E-state index contributed by atoms with van der Waals surface area (Å²) >= 11 is 5.19. The number of pyridine rings is 1. The largest absolute Gasteiger partial charge is 0.290 e. The van der Waals surface area contributed by atoms with Crippen LogP contribution in [0.1, 0.15) is 10.4 Å². The van der Waals surface area contributed by atoms with Crippen LogP contribution >= 0.6 is 23.9 Å². The maximum atomic E-state index is 12.2. The molecule has 0 saturated carbocycles. The van der Waals surface area contributed by atoms with E-state index in [0.29, 0.717) is 3.97 Å². The Labute approximate surface area is 87.4 Å². The van der Waals surface area contributed by atoms with E-state index in [-0.39, 0.29) is 23.1 Å². The van der Waals surface area contributed by atoms with Crippen LogP contribution in [0.4, 0.5) is 3.89 Å². The second-order valence-corrected chi connectivity index (χ2v) is 3.07. The molecule has 0 radical (unpaired) electrons. The summed E-state index contributed by atoms with van der Waals surface area (Å²) in [6, 6.07) is 2.18. The molecule has 8 heteroatoms. The zero-order valence-electron chi connectivity index (χ0n) is 6.66. The van der Waals surface area contributed by atoms with Gasteiger partial charge in [-0.1, -0.05) is 11.6 Å². The number of halogens is 2. The highest BCUT2D eigenvalue weighted by atomic mass is 35.5. The molecule has 0 aliphatic carbocycles. The van der Waals surface area contributed by atoms with Crippen LogP contribution in [0, 0.1) is 0 Å². The van der Waals surface area contributed by atoms with E-state index in [0.717, 1.165) is 6.07 Å². The summed E-state index contributed by atoms with van der Waals surface area (Å²) in [5.74, 6) is 4.16. The average Bonchev–Trinajstić information content (AvgIpc) is 2.18. The quantitative estimate of drug-likeness (QED) is 0.340. The van der Waals surface area contributed by atoms with E-state index in [1.165, 1.54) is 6.07 Å². The number of nitrogen functional groups attached to an aromatic ring is 1. The van der Waals surface area contributed by atoms with Crippen molar-refractivity contribution in [3.63, 3.8) is 0 Å². The Morgan fingerprint density at radius 1 is 1.64 bits per heavy atom. The van der Waals surface area contributed by atoms with Crippen LogP contribution < -0.4 is 16.8 Å². The number of carbonyl (C=O) groups excluding carboxylic acids is 1. The topological polar surface area (TPSA) is 77.1 Å². The van der Waals surface area contributed by atoms with Gasteiger partial charge in [0.15, 0.2) is 12.3 Å². The maximum absolute atomic E-state index is 12.2. The first-order valence-electron chi connectivity index (χ1n) is 3.33. The van der Waals surface area contributed by atoms with Crippen LogP contribution in [0.2, 0.25) is 5.15 Å². The molecule has 5 nitrogen and oxygen atoms in total. The van der Waals surface area contributed by atoms with Gasteiger partial charge in [0.05, 0.1) is 5.56 Å². The molecule has 0 saturated heterocycles. The Bertz CT molecular complexity index is 422. The minimum atomic E-state index is -0.696. The average molecular weight is 238 g/mol. The van der Waals surface area contributed by atoms with E-state index in [1.807, 2.05) is 5.43 Å². The molecule has 0 aliphatic heterocycles. The van der Waals surface area contributed by atoms with Crippen molar-refractivity contribution in [2.45, 2.75) is 0 Å². The first kappa shape index (κ1) is 11.0. The molecular formula is C6H5ClFN3O2S. The van der Waals surface area contributed by atoms with Gasteiger partial charge in [-0.3, -0.25) is 15.0 Å². The molecular weight excluding hydrogens is 233 g/mol. The third kappa shape index (κ3) is 1.89. The highest BCUT2D eigenvalue weighted by Gasteiger charge is 2.14. The van der Waals surface area contributed by atoms with Gasteiger partial charge in [0.25, 0.3) is 11.5 Å². The minimum Gasteiger partial charge on any atom is -0.290 e. The number of nitrogens with two attached hydrogens (primary N) is 1. The van der Waals surface area contributed by atoms with Crippen molar-refractivity contribution < 1.29 is 8.68 Å². The number of nitrogens with zero attached hydrogens (tertiary/aromatic N) is 1.